The minimum absolute atomic E-state index is 0.164. The summed E-state index contributed by atoms with van der Waals surface area (Å²) in [6.07, 6.45) is 2.29. The van der Waals surface area contributed by atoms with Crippen molar-refractivity contribution < 1.29 is 17.9 Å². The van der Waals surface area contributed by atoms with Gasteiger partial charge in [-0.1, -0.05) is 6.92 Å². The second-order valence-corrected chi connectivity index (χ2v) is 11.5. The summed E-state index contributed by atoms with van der Waals surface area (Å²) >= 11 is 0. The number of aryl methyl sites for hydroxylation is 1. The fourth-order valence-corrected chi connectivity index (χ4v) is 5.90. The first-order chi connectivity index (χ1) is 16.9. The van der Waals surface area contributed by atoms with Crippen LogP contribution in [-0.4, -0.2) is 43.5 Å². The average molecular weight is 510 g/mol. The van der Waals surface area contributed by atoms with Gasteiger partial charge in [-0.15, -0.1) is 0 Å². The molecule has 36 heavy (non-hydrogen) atoms. The quantitative estimate of drug-likeness (QED) is 0.514. The molecule has 0 radical (unpaired) electrons. The van der Waals surface area contributed by atoms with Gasteiger partial charge in [0.2, 0.25) is 0 Å². The molecule has 2 aromatic heterocycles. The van der Waals surface area contributed by atoms with Crippen LogP contribution < -0.4 is 20.1 Å². The van der Waals surface area contributed by atoms with Crippen LogP contribution in [0.15, 0.2) is 53.6 Å². The third kappa shape index (κ3) is 4.86. The summed E-state index contributed by atoms with van der Waals surface area (Å²) in [5.41, 5.74) is 8.12. The molecule has 3 aromatic rings. The summed E-state index contributed by atoms with van der Waals surface area (Å²) in [4.78, 5) is 23.9. The number of rotatable bonds is 6. The number of carbonyl (C=O) groups excluding carboxylic acids is 1. The molecule has 1 amide bonds. The normalized spacial score (nSPS) is 17.1. The molecule has 0 spiro atoms. The Bertz CT molecular complexity index is 1420. The molecule has 9 nitrogen and oxygen atoms in total. The van der Waals surface area contributed by atoms with E-state index in [2.05, 4.69) is 35.4 Å². The van der Waals surface area contributed by atoms with E-state index < -0.39 is 15.9 Å². The summed E-state index contributed by atoms with van der Waals surface area (Å²) in [7, 11) is -2.62. The average Bonchev–Trinajstić information content (AvgIpc) is 3.10. The molecule has 1 saturated heterocycles. The van der Waals surface area contributed by atoms with Crippen LogP contribution in [0.3, 0.4) is 0 Å². The number of nitrogens with one attached hydrogen (secondary N) is 1. The molecule has 0 saturated carbocycles. The maximum absolute atomic E-state index is 13.4. The van der Waals surface area contributed by atoms with Crippen molar-refractivity contribution in [2.24, 2.45) is 5.92 Å². The smallest absolute Gasteiger partial charge is 0.268 e. The predicted octanol–water partition coefficient (Wildman–Crippen LogP) is 3.79. The molecule has 3 N–H and O–H groups in total. The van der Waals surface area contributed by atoms with Crippen LogP contribution >= 0.6 is 0 Å². The van der Waals surface area contributed by atoms with Gasteiger partial charge < -0.3 is 15.4 Å². The zero-order chi connectivity index (χ0) is 26.3. The van der Waals surface area contributed by atoms with Crippen molar-refractivity contribution in [3.63, 3.8) is 0 Å². The first kappa shape index (κ1) is 25.4. The Morgan fingerprint density at radius 1 is 1.22 bits per heavy atom. The van der Waals surface area contributed by atoms with Crippen molar-refractivity contribution in [2.75, 3.05) is 24.3 Å². The number of ether oxygens (including phenoxy) is 1. The fourth-order valence-electron chi connectivity index (χ4n) is 4.85. The van der Waals surface area contributed by atoms with Gasteiger partial charge in [-0.2, -0.15) is 0 Å². The topological polar surface area (TPSA) is 128 Å². The first-order valence-electron chi connectivity index (χ1n) is 11.6. The Morgan fingerprint density at radius 3 is 2.58 bits per heavy atom. The number of benzene rings is 1. The summed E-state index contributed by atoms with van der Waals surface area (Å²) in [6, 6.07) is 11.8. The van der Waals surface area contributed by atoms with Gasteiger partial charge in [0.15, 0.2) is 0 Å². The maximum atomic E-state index is 13.4. The van der Waals surface area contributed by atoms with E-state index >= 15 is 0 Å². The van der Waals surface area contributed by atoms with Crippen molar-refractivity contribution in [3.05, 3.63) is 59.8 Å². The minimum Gasteiger partial charge on any atom is -0.496 e. The lowest BCUT2D eigenvalue weighted by Crippen LogP contribution is -2.41. The molecular formula is C26H31N5O4S. The van der Waals surface area contributed by atoms with E-state index in [1.807, 2.05) is 25.1 Å². The van der Waals surface area contributed by atoms with Gasteiger partial charge in [0.25, 0.3) is 15.9 Å². The third-order valence-electron chi connectivity index (χ3n) is 6.46. The summed E-state index contributed by atoms with van der Waals surface area (Å²) in [6.45, 7) is 8.97. The van der Waals surface area contributed by atoms with Gasteiger partial charge in [0.1, 0.15) is 22.3 Å². The van der Waals surface area contributed by atoms with Gasteiger partial charge in [0.05, 0.1) is 18.4 Å². The molecule has 3 heterocycles. The van der Waals surface area contributed by atoms with Gasteiger partial charge >= 0.3 is 0 Å². The monoisotopic (exact) mass is 509 g/mol. The first-order valence-corrected chi connectivity index (χ1v) is 13.1. The van der Waals surface area contributed by atoms with Crippen LogP contribution in [0.5, 0.6) is 5.75 Å². The van der Waals surface area contributed by atoms with Crippen LogP contribution in [0.1, 0.15) is 43.1 Å². The molecule has 10 heteroatoms. The zero-order valence-electron chi connectivity index (χ0n) is 21.1. The summed E-state index contributed by atoms with van der Waals surface area (Å²) in [5, 5.41) is 0. The largest absolute Gasteiger partial charge is 0.496 e. The van der Waals surface area contributed by atoms with Crippen molar-refractivity contribution in [3.8, 4) is 17.0 Å². The number of nitrogen functional groups attached to an aromatic ring is 1. The molecule has 190 valence electrons. The van der Waals surface area contributed by atoms with Gasteiger partial charge in [-0.05, 0) is 81.1 Å². The number of anilines is 2. The number of amides is 1. The number of hydrogen-bond acceptors (Lipinski definition) is 8. The highest BCUT2D eigenvalue weighted by Crippen LogP contribution is 2.38. The number of aromatic nitrogens is 2. The molecule has 1 unspecified atom stereocenters. The molecular weight excluding hydrogens is 478 g/mol. The highest BCUT2D eigenvalue weighted by atomic mass is 32.2. The number of pyridine rings is 2. The highest BCUT2D eigenvalue weighted by Gasteiger charge is 2.39. The van der Waals surface area contributed by atoms with Crippen molar-refractivity contribution in [1.82, 2.24) is 14.7 Å². The van der Waals surface area contributed by atoms with E-state index in [1.54, 1.807) is 19.2 Å². The SMILES string of the molecule is COc1ccc(-c2ccc(C(=O)NS(=O)(=O)c3cccnc3N)c(N3CC(C)CC3(C)C)n2)cc1C. The molecule has 1 atom stereocenters. The molecule has 4 rings (SSSR count). The molecule has 1 aliphatic rings. The number of carbonyl (C=O) groups is 1. The number of sulfonamides is 1. The molecule has 0 aliphatic carbocycles. The fraction of sp³-hybridized carbons (Fsp3) is 0.346. The van der Waals surface area contributed by atoms with Gasteiger partial charge in [0, 0.05) is 23.8 Å². The van der Waals surface area contributed by atoms with E-state index in [9.17, 15) is 13.2 Å². The van der Waals surface area contributed by atoms with Crippen molar-refractivity contribution in [1.29, 1.82) is 0 Å². The van der Waals surface area contributed by atoms with E-state index in [1.165, 1.54) is 18.3 Å². The Kier molecular flexibility index (Phi) is 6.66. The van der Waals surface area contributed by atoms with Crippen molar-refractivity contribution in [2.45, 2.75) is 44.6 Å². The number of nitrogens with zero attached hydrogens (tertiary/aromatic N) is 3. The van der Waals surface area contributed by atoms with Crippen LogP contribution in [-0.2, 0) is 10.0 Å². The minimum atomic E-state index is -4.24. The number of methoxy groups -OCH3 is 1. The van der Waals surface area contributed by atoms with E-state index in [0.717, 1.165) is 23.3 Å². The van der Waals surface area contributed by atoms with Crippen LogP contribution in [0.2, 0.25) is 0 Å². The Balaban J connectivity index is 1.79. The third-order valence-corrected chi connectivity index (χ3v) is 7.83. The second-order valence-electron chi connectivity index (χ2n) is 9.81. The van der Waals surface area contributed by atoms with Crippen LogP contribution in [0, 0.1) is 12.8 Å². The van der Waals surface area contributed by atoms with Gasteiger partial charge in [-0.3, -0.25) is 4.79 Å². The van der Waals surface area contributed by atoms with Crippen LogP contribution in [0.4, 0.5) is 11.6 Å². The zero-order valence-corrected chi connectivity index (χ0v) is 21.9. The van der Waals surface area contributed by atoms with E-state index in [4.69, 9.17) is 15.5 Å². The van der Waals surface area contributed by atoms with E-state index in [-0.39, 0.29) is 21.8 Å². The Morgan fingerprint density at radius 2 is 1.97 bits per heavy atom. The standard InChI is InChI=1S/C26H31N5O4S/c1-16-14-26(3,4)31(15-16)24-19(25(32)30-36(33,34)22-7-6-12-28-23(22)27)9-10-20(29-24)18-8-11-21(35-5)17(2)13-18/h6-13,16H,14-15H2,1-5H3,(H2,27,28)(H,30,32). The summed E-state index contributed by atoms with van der Waals surface area (Å²) in [5.74, 6) is 0.611. The van der Waals surface area contributed by atoms with Gasteiger partial charge in [-0.25, -0.2) is 23.1 Å². The summed E-state index contributed by atoms with van der Waals surface area (Å²) < 4.78 is 33.4. The Hall–Kier alpha value is -3.66. The molecule has 1 fully saturated rings. The highest BCUT2D eigenvalue weighted by molar-refractivity contribution is 7.90. The molecule has 1 aromatic carbocycles. The molecule has 0 bridgehead atoms. The van der Waals surface area contributed by atoms with E-state index in [0.29, 0.717) is 24.0 Å². The lowest BCUT2D eigenvalue weighted by atomic mass is 9.97. The number of hydrogen-bond donors (Lipinski definition) is 2. The van der Waals surface area contributed by atoms with Crippen molar-refractivity contribution >= 4 is 27.6 Å². The van der Waals surface area contributed by atoms with Crippen LogP contribution in [0.25, 0.3) is 11.3 Å². The predicted molar refractivity (Wildman–Crippen MR) is 139 cm³/mol. The molecule has 1 aliphatic heterocycles. The Labute approximate surface area is 211 Å². The number of nitrogens with two attached hydrogens (primary N) is 1. The lowest BCUT2D eigenvalue weighted by molar-refractivity contribution is 0.0981. The second kappa shape index (κ2) is 9.42. The lowest BCUT2D eigenvalue weighted by Gasteiger charge is -2.34. The maximum Gasteiger partial charge on any atom is 0.268 e.